The quantitative estimate of drug-likeness (QED) is 0.228. The van der Waals surface area contributed by atoms with Crippen LogP contribution >= 0.6 is 11.8 Å². The van der Waals surface area contributed by atoms with Gasteiger partial charge in [-0.05, 0) is 111 Å². The van der Waals surface area contributed by atoms with Gasteiger partial charge in [-0.25, -0.2) is 4.39 Å². The molecule has 0 saturated carbocycles. The van der Waals surface area contributed by atoms with E-state index < -0.39 is 5.97 Å². The van der Waals surface area contributed by atoms with Crippen molar-refractivity contribution in [2.24, 2.45) is 11.8 Å². The fourth-order valence-corrected chi connectivity index (χ4v) is 6.19. The van der Waals surface area contributed by atoms with Crippen molar-refractivity contribution < 1.29 is 19.0 Å². The summed E-state index contributed by atoms with van der Waals surface area (Å²) in [5, 5.41) is 10.7. The van der Waals surface area contributed by atoms with Gasteiger partial charge in [-0.3, -0.25) is 9.78 Å². The summed E-state index contributed by atoms with van der Waals surface area (Å²) < 4.78 is 18.8. The van der Waals surface area contributed by atoms with Crippen LogP contribution in [-0.2, 0) is 11.2 Å². The monoisotopic (exact) mass is 510 g/mol. The molecule has 0 aliphatic carbocycles. The minimum Gasteiger partial charge on any atom is -0.497 e. The van der Waals surface area contributed by atoms with Gasteiger partial charge in [-0.1, -0.05) is 6.07 Å². The number of piperidine rings is 1. The number of carboxylic acid groups (broad SMARTS) is 1. The van der Waals surface area contributed by atoms with Gasteiger partial charge in [0, 0.05) is 29.4 Å². The average molecular weight is 511 g/mol. The van der Waals surface area contributed by atoms with E-state index in [4.69, 9.17) is 4.74 Å². The van der Waals surface area contributed by atoms with Crippen LogP contribution in [0.4, 0.5) is 4.39 Å². The molecule has 1 aliphatic heterocycles. The summed E-state index contributed by atoms with van der Waals surface area (Å²) in [4.78, 5) is 19.4. The molecule has 0 amide bonds. The third kappa shape index (κ3) is 7.43. The van der Waals surface area contributed by atoms with Crippen LogP contribution in [0.5, 0.6) is 5.75 Å². The Morgan fingerprint density at radius 3 is 2.89 bits per heavy atom. The number of thioether (sulfide) groups is 1. The number of halogens is 1. The Bertz CT molecular complexity index is 1160. The van der Waals surface area contributed by atoms with Crippen molar-refractivity contribution in [3.63, 3.8) is 0 Å². The minimum atomic E-state index is -0.708. The standard InChI is InChI=1S/C29H35FN2O3S/c1-35-25-9-10-28-27(19-25)22(11-13-31-28)6-2-5-21-12-15-32(20-23(21)17-29(33)34)14-4-16-36-26-8-3-7-24(30)18-26/h3,7-11,13,18-19,21,23H,2,4-6,12,14-17,20H2,1H3,(H,33,34)/t21-,23+/m1/s1. The number of nitrogens with zero attached hydrogens (tertiary/aromatic N) is 2. The summed E-state index contributed by atoms with van der Waals surface area (Å²) in [7, 11) is 1.68. The van der Waals surface area contributed by atoms with Gasteiger partial charge in [0.1, 0.15) is 11.6 Å². The van der Waals surface area contributed by atoms with E-state index in [1.807, 2.05) is 24.4 Å². The molecule has 7 heteroatoms. The van der Waals surface area contributed by atoms with Crippen molar-refractivity contribution in [3.8, 4) is 5.75 Å². The van der Waals surface area contributed by atoms with Crippen LogP contribution in [0.3, 0.4) is 0 Å². The molecule has 1 N–H and O–H groups in total. The van der Waals surface area contributed by atoms with Crippen molar-refractivity contribution in [2.75, 3.05) is 32.5 Å². The molecular weight excluding hydrogens is 475 g/mol. The van der Waals surface area contributed by atoms with Crippen LogP contribution in [0, 0.1) is 17.7 Å². The zero-order valence-electron chi connectivity index (χ0n) is 20.9. The highest BCUT2D eigenvalue weighted by Gasteiger charge is 2.30. The van der Waals surface area contributed by atoms with E-state index in [-0.39, 0.29) is 18.2 Å². The van der Waals surface area contributed by atoms with Crippen molar-refractivity contribution in [3.05, 3.63) is 66.1 Å². The first kappa shape index (κ1) is 26.4. The number of hydrogen-bond donors (Lipinski definition) is 1. The van der Waals surface area contributed by atoms with Crippen molar-refractivity contribution >= 4 is 28.6 Å². The number of carboxylic acids is 1. The predicted molar refractivity (Wildman–Crippen MR) is 143 cm³/mol. The lowest BCUT2D eigenvalue weighted by atomic mass is 9.80. The van der Waals surface area contributed by atoms with Crippen molar-refractivity contribution in [1.29, 1.82) is 0 Å². The fourth-order valence-electron chi connectivity index (χ4n) is 5.31. The zero-order chi connectivity index (χ0) is 25.3. The molecule has 192 valence electrons. The molecule has 5 nitrogen and oxygen atoms in total. The third-order valence-electron chi connectivity index (χ3n) is 7.16. The van der Waals surface area contributed by atoms with Crippen LogP contribution in [0.25, 0.3) is 10.9 Å². The lowest BCUT2D eigenvalue weighted by molar-refractivity contribution is -0.139. The topological polar surface area (TPSA) is 62.7 Å². The van der Waals surface area contributed by atoms with E-state index in [1.165, 1.54) is 11.6 Å². The van der Waals surface area contributed by atoms with Gasteiger partial charge in [0.2, 0.25) is 0 Å². The summed E-state index contributed by atoms with van der Waals surface area (Å²) in [6.07, 6.45) is 7.15. The highest BCUT2D eigenvalue weighted by atomic mass is 32.2. The highest BCUT2D eigenvalue weighted by molar-refractivity contribution is 7.99. The smallest absolute Gasteiger partial charge is 0.303 e. The maximum absolute atomic E-state index is 13.4. The maximum Gasteiger partial charge on any atom is 0.303 e. The molecule has 2 atom stereocenters. The van der Waals surface area contributed by atoms with Gasteiger partial charge in [0.15, 0.2) is 0 Å². The van der Waals surface area contributed by atoms with Crippen LogP contribution in [0.15, 0.2) is 59.6 Å². The molecule has 1 aliphatic rings. The summed E-state index contributed by atoms with van der Waals surface area (Å²) in [6, 6.07) is 14.8. The first-order valence-electron chi connectivity index (χ1n) is 12.8. The van der Waals surface area contributed by atoms with Gasteiger partial charge < -0.3 is 14.7 Å². The number of fused-ring (bicyclic) bond motifs is 1. The van der Waals surface area contributed by atoms with Crippen LogP contribution < -0.4 is 4.74 Å². The molecule has 1 saturated heterocycles. The molecule has 3 aromatic rings. The second-order valence-electron chi connectivity index (χ2n) is 9.61. The normalized spacial score (nSPS) is 18.4. The van der Waals surface area contributed by atoms with E-state index in [9.17, 15) is 14.3 Å². The van der Waals surface area contributed by atoms with Crippen LogP contribution in [0.2, 0.25) is 0 Å². The number of aryl methyl sites for hydroxylation is 1. The second-order valence-corrected chi connectivity index (χ2v) is 10.8. The zero-order valence-corrected chi connectivity index (χ0v) is 21.7. The molecule has 36 heavy (non-hydrogen) atoms. The molecule has 2 heterocycles. The van der Waals surface area contributed by atoms with Gasteiger partial charge in [0.05, 0.1) is 12.6 Å². The first-order valence-corrected chi connectivity index (χ1v) is 13.7. The second kappa shape index (κ2) is 13.1. The predicted octanol–water partition coefficient (Wildman–Crippen LogP) is 6.30. The Hall–Kier alpha value is -2.64. The number of methoxy groups -OCH3 is 1. The molecule has 1 fully saturated rings. The van der Waals surface area contributed by atoms with E-state index in [2.05, 4.69) is 22.0 Å². The summed E-state index contributed by atoms with van der Waals surface area (Å²) in [6.45, 7) is 2.81. The van der Waals surface area contributed by atoms with Gasteiger partial charge in [-0.2, -0.15) is 0 Å². The van der Waals surface area contributed by atoms with Gasteiger partial charge in [-0.15, -0.1) is 11.8 Å². The lowest BCUT2D eigenvalue weighted by Gasteiger charge is -2.38. The largest absolute Gasteiger partial charge is 0.497 e. The molecule has 0 unspecified atom stereocenters. The molecular formula is C29H35FN2O3S. The molecule has 1 aromatic heterocycles. The summed E-state index contributed by atoms with van der Waals surface area (Å²) in [5.74, 6) is 1.47. The summed E-state index contributed by atoms with van der Waals surface area (Å²) in [5.41, 5.74) is 2.24. The SMILES string of the molecule is COc1ccc2nccc(CCC[C@@H]3CCN(CCCSc4cccc(F)c4)C[C@@H]3CC(=O)O)c2c1. The molecule has 0 radical (unpaired) electrons. The average Bonchev–Trinajstić information content (AvgIpc) is 2.87. The number of aliphatic carboxylic acids is 1. The molecule has 0 bridgehead atoms. The van der Waals surface area contributed by atoms with E-state index in [0.29, 0.717) is 5.92 Å². The summed E-state index contributed by atoms with van der Waals surface area (Å²) >= 11 is 1.67. The molecule has 2 aromatic carbocycles. The number of aromatic nitrogens is 1. The Morgan fingerprint density at radius 1 is 1.19 bits per heavy atom. The maximum atomic E-state index is 13.4. The molecule has 4 rings (SSSR count). The number of carbonyl (C=O) groups is 1. The van der Waals surface area contributed by atoms with Crippen molar-refractivity contribution in [1.82, 2.24) is 9.88 Å². The number of benzene rings is 2. The van der Waals surface area contributed by atoms with E-state index in [1.54, 1.807) is 31.0 Å². The Morgan fingerprint density at radius 2 is 2.08 bits per heavy atom. The van der Waals surface area contributed by atoms with Gasteiger partial charge >= 0.3 is 5.97 Å². The molecule has 0 spiro atoms. The van der Waals surface area contributed by atoms with Gasteiger partial charge in [0.25, 0.3) is 0 Å². The number of likely N-dealkylation sites (tertiary alicyclic amines) is 1. The van der Waals surface area contributed by atoms with Crippen molar-refractivity contribution in [2.45, 2.75) is 43.4 Å². The van der Waals surface area contributed by atoms with E-state index >= 15 is 0 Å². The number of hydrogen-bond acceptors (Lipinski definition) is 5. The first-order chi connectivity index (χ1) is 17.5. The van der Waals surface area contributed by atoms with Crippen LogP contribution in [0.1, 0.15) is 37.7 Å². The number of rotatable bonds is 12. The Labute approximate surface area is 217 Å². The lowest BCUT2D eigenvalue weighted by Crippen LogP contribution is -2.41. The minimum absolute atomic E-state index is 0.182. The van der Waals surface area contributed by atoms with E-state index in [0.717, 1.165) is 79.0 Å². The number of pyridine rings is 1. The fraction of sp³-hybridized carbons (Fsp3) is 0.448. The highest BCUT2D eigenvalue weighted by Crippen LogP contribution is 2.32. The third-order valence-corrected chi connectivity index (χ3v) is 8.24. The Balaban J connectivity index is 1.27. The van der Waals surface area contributed by atoms with Crippen LogP contribution in [-0.4, -0.2) is 53.5 Å². The number of ether oxygens (including phenoxy) is 1. The Kier molecular flexibility index (Phi) is 9.59.